The molecular formula is C9H10INO3S. The van der Waals surface area contributed by atoms with Gasteiger partial charge in [0.2, 0.25) is 10.0 Å². The number of nitrogens with one attached hydrogen (secondary N) is 1. The molecule has 0 atom stereocenters. The number of carbonyl (C=O) groups is 1. The SMILES string of the molecule is CS(=O)(=O)NC(=O)c1ccccc1CI. The zero-order valence-electron chi connectivity index (χ0n) is 8.03. The van der Waals surface area contributed by atoms with Crippen LogP contribution in [-0.2, 0) is 14.5 Å². The molecule has 0 aliphatic heterocycles. The molecule has 15 heavy (non-hydrogen) atoms. The number of hydrogen-bond donors (Lipinski definition) is 1. The Bertz CT molecular complexity index is 470. The molecule has 0 radical (unpaired) electrons. The Morgan fingerprint density at radius 1 is 1.40 bits per heavy atom. The molecule has 1 aromatic rings. The van der Waals surface area contributed by atoms with E-state index in [9.17, 15) is 13.2 Å². The van der Waals surface area contributed by atoms with Crippen molar-refractivity contribution in [2.24, 2.45) is 0 Å². The van der Waals surface area contributed by atoms with Gasteiger partial charge in [-0.25, -0.2) is 13.1 Å². The summed E-state index contributed by atoms with van der Waals surface area (Å²) in [4.78, 5) is 11.5. The fraction of sp³-hybridized carbons (Fsp3) is 0.222. The van der Waals surface area contributed by atoms with Crippen molar-refractivity contribution in [1.82, 2.24) is 4.72 Å². The first-order valence-electron chi connectivity index (χ1n) is 4.10. The van der Waals surface area contributed by atoms with Crippen LogP contribution in [0.1, 0.15) is 15.9 Å². The number of hydrogen-bond acceptors (Lipinski definition) is 3. The van der Waals surface area contributed by atoms with Crippen LogP contribution in [0.25, 0.3) is 0 Å². The number of carbonyl (C=O) groups excluding carboxylic acids is 1. The van der Waals surface area contributed by atoms with Crippen LogP contribution in [0, 0.1) is 0 Å². The standard InChI is InChI=1S/C9H10INO3S/c1-15(13,14)11-9(12)8-5-3-2-4-7(8)6-10/h2-5H,6H2,1H3,(H,11,12). The first-order chi connectivity index (χ1) is 6.94. The lowest BCUT2D eigenvalue weighted by atomic mass is 10.1. The zero-order chi connectivity index (χ0) is 11.5. The third-order valence-electron chi connectivity index (χ3n) is 1.68. The molecule has 0 saturated heterocycles. The quantitative estimate of drug-likeness (QED) is 0.667. The van der Waals surface area contributed by atoms with Crippen LogP contribution in [0.4, 0.5) is 0 Å². The molecule has 0 unspecified atom stereocenters. The Balaban J connectivity index is 3.01. The first-order valence-corrected chi connectivity index (χ1v) is 7.51. The van der Waals surface area contributed by atoms with Crippen LogP contribution < -0.4 is 4.72 Å². The third-order valence-corrected chi connectivity index (χ3v) is 3.06. The summed E-state index contributed by atoms with van der Waals surface area (Å²) in [6.45, 7) is 0. The van der Waals surface area contributed by atoms with Crippen molar-refractivity contribution in [2.75, 3.05) is 6.26 Å². The smallest absolute Gasteiger partial charge is 0.265 e. The number of alkyl halides is 1. The van der Waals surface area contributed by atoms with Gasteiger partial charge in [0.25, 0.3) is 5.91 Å². The Hall–Kier alpha value is -0.630. The zero-order valence-corrected chi connectivity index (χ0v) is 11.0. The van der Waals surface area contributed by atoms with E-state index in [4.69, 9.17) is 0 Å². The van der Waals surface area contributed by atoms with Crippen molar-refractivity contribution >= 4 is 38.5 Å². The van der Waals surface area contributed by atoms with Crippen LogP contribution >= 0.6 is 22.6 Å². The average molecular weight is 339 g/mol. The van der Waals surface area contributed by atoms with Crippen molar-refractivity contribution in [3.63, 3.8) is 0 Å². The molecule has 0 saturated carbocycles. The number of rotatable bonds is 3. The van der Waals surface area contributed by atoms with Crippen LogP contribution in [0.5, 0.6) is 0 Å². The van der Waals surface area contributed by atoms with Gasteiger partial charge in [-0.1, -0.05) is 40.8 Å². The van der Waals surface area contributed by atoms with Gasteiger partial charge in [0.15, 0.2) is 0 Å². The topological polar surface area (TPSA) is 63.2 Å². The molecule has 82 valence electrons. The fourth-order valence-corrected chi connectivity index (χ4v) is 2.19. The van der Waals surface area contributed by atoms with E-state index in [2.05, 4.69) is 22.6 Å². The van der Waals surface area contributed by atoms with Crippen molar-refractivity contribution in [3.8, 4) is 0 Å². The van der Waals surface area contributed by atoms with Crippen LogP contribution in [0.15, 0.2) is 24.3 Å². The molecular weight excluding hydrogens is 329 g/mol. The molecule has 0 spiro atoms. The number of amides is 1. The van der Waals surface area contributed by atoms with Gasteiger partial charge >= 0.3 is 0 Å². The molecule has 0 fully saturated rings. The third kappa shape index (κ3) is 3.78. The van der Waals surface area contributed by atoms with Crippen LogP contribution in [0.2, 0.25) is 0 Å². The lowest BCUT2D eigenvalue weighted by Crippen LogP contribution is -2.29. The monoisotopic (exact) mass is 339 g/mol. The maximum absolute atomic E-state index is 11.5. The summed E-state index contributed by atoms with van der Waals surface area (Å²) < 4.78 is 24.4. The fourth-order valence-electron chi connectivity index (χ4n) is 1.08. The van der Waals surface area contributed by atoms with Gasteiger partial charge in [0.1, 0.15) is 0 Å². The molecule has 1 amide bonds. The van der Waals surface area contributed by atoms with Crippen molar-refractivity contribution in [3.05, 3.63) is 35.4 Å². The normalized spacial score (nSPS) is 11.1. The lowest BCUT2D eigenvalue weighted by Gasteiger charge is -2.06. The number of halogens is 1. The molecule has 1 N–H and O–H groups in total. The van der Waals surface area contributed by atoms with E-state index < -0.39 is 15.9 Å². The number of sulfonamides is 1. The second-order valence-electron chi connectivity index (χ2n) is 2.99. The highest BCUT2D eigenvalue weighted by atomic mass is 127. The highest BCUT2D eigenvalue weighted by Gasteiger charge is 2.13. The molecule has 0 aromatic heterocycles. The van der Waals surface area contributed by atoms with E-state index in [0.717, 1.165) is 11.8 Å². The molecule has 0 aliphatic rings. The van der Waals surface area contributed by atoms with E-state index in [-0.39, 0.29) is 0 Å². The van der Waals surface area contributed by atoms with E-state index in [1.54, 1.807) is 18.2 Å². The first kappa shape index (κ1) is 12.4. The molecule has 1 rings (SSSR count). The summed E-state index contributed by atoms with van der Waals surface area (Å²) in [6.07, 6.45) is 0.956. The van der Waals surface area contributed by atoms with E-state index in [1.807, 2.05) is 10.8 Å². The Morgan fingerprint density at radius 3 is 2.53 bits per heavy atom. The summed E-state index contributed by atoms with van der Waals surface area (Å²) in [6, 6.07) is 6.91. The summed E-state index contributed by atoms with van der Waals surface area (Å²) in [5.74, 6) is -0.579. The molecule has 4 nitrogen and oxygen atoms in total. The van der Waals surface area contributed by atoms with Gasteiger partial charge in [-0.2, -0.15) is 0 Å². The summed E-state index contributed by atoms with van der Waals surface area (Å²) in [5.41, 5.74) is 1.22. The molecule has 0 heterocycles. The molecule has 0 bridgehead atoms. The largest absolute Gasteiger partial charge is 0.268 e. The summed E-state index contributed by atoms with van der Waals surface area (Å²) >= 11 is 2.12. The summed E-state index contributed by atoms with van der Waals surface area (Å²) in [7, 11) is -3.50. The van der Waals surface area contributed by atoms with Gasteiger partial charge in [-0.05, 0) is 11.6 Å². The van der Waals surface area contributed by atoms with Crippen molar-refractivity contribution in [1.29, 1.82) is 0 Å². The molecule has 6 heteroatoms. The highest BCUT2D eigenvalue weighted by Crippen LogP contribution is 2.12. The number of benzene rings is 1. The highest BCUT2D eigenvalue weighted by molar-refractivity contribution is 14.1. The van der Waals surface area contributed by atoms with Gasteiger partial charge < -0.3 is 0 Å². The van der Waals surface area contributed by atoms with Crippen LogP contribution in [0.3, 0.4) is 0 Å². The van der Waals surface area contributed by atoms with E-state index in [0.29, 0.717) is 9.99 Å². The van der Waals surface area contributed by atoms with Crippen molar-refractivity contribution < 1.29 is 13.2 Å². The van der Waals surface area contributed by atoms with Crippen molar-refractivity contribution in [2.45, 2.75) is 4.43 Å². The molecule has 0 aliphatic carbocycles. The maximum Gasteiger partial charge on any atom is 0.265 e. The van der Waals surface area contributed by atoms with Gasteiger partial charge in [0.05, 0.1) is 6.26 Å². The van der Waals surface area contributed by atoms with E-state index >= 15 is 0 Å². The van der Waals surface area contributed by atoms with Gasteiger partial charge in [0, 0.05) is 9.99 Å². The average Bonchev–Trinajstić information content (AvgIpc) is 2.15. The predicted octanol–water partition coefficient (Wildman–Crippen LogP) is 1.31. The minimum absolute atomic E-state index is 0.400. The Labute approximate surface area is 102 Å². The predicted molar refractivity (Wildman–Crippen MR) is 66.5 cm³/mol. The van der Waals surface area contributed by atoms with Gasteiger partial charge in [-0.15, -0.1) is 0 Å². The minimum atomic E-state index is -3.50. The Kier molecular flexibility index (Phi) is 4.09. The second kappa shape index (κ2) is 4.93. The molecule has 1 aromatic carbocycles. The summed E-state index contributed by atoms with van der Waals surface area (Å²) in [5, 5.41) is 0. The minimum Gasteiger partial charge on any atom is -0.268 e. The lowest BCUT2D eigenvalue weighted by molar-refractivity contribution is 0.0981. The van der Waals surface area contributed by atoms with Crippen LogP contribution in [-0.4, -0.2) is 20.6 Å². The second-order valence-corrected chi connectivity index (χ2v) is 5.51. The van der Waals surface area contributed by atoms with E-state index in [1.165, 1.54) is 0 Å². The van der Waals surface area contributed by atoms with Gasteiger partial charge in [-0.3, -0.25) is 4.79 Å². The Morgan fingerprint density at radius 2 is 2.00 bits per heavy atom. The maximum atomic E-state index is 11.5.